The lowest BCUT2D eigenvalue weighted by atomic mass is 10.1. The Balaban J connectivity index is 1.65. The number of benzene rings is 2. The van der Waals surface area contributed by atoms with Crippen LogP contribution in [0.3, 0.4) is 0 Å². The summed E-state index contributed by atoms with van der Waals surface area (Å²) < 4.78 is 40.0. The lowest BCUT2D eigenvalue weighted by Gasteiger charge is -2.37. The van der Waals surface area contributed by atoms with E-state index in [1.54, 1.807) is 12.1 Å². The first-order valence-electron chi connectivity index (χ1n) is 10.4. The zero-order valence-electron chi connectivity index (χ0n) is 18.0. The fraction of sp³-hybridized carbons (Fsp3) is 0.409. The highest BCUT2D eigenvalue weighted by atomic mass is 32.2. The molecule has 0 atom stereocenters. The fourth-order valence-electron chi connectivity index (χ4n) is 3.57. The van der Waals surface area contributed by atoms with Crippen LogP contribution in [0, 0.1) is 5.82 Å². The minimum atomic E-state index is -3.32. The maximum Gasteiger partial charge on any atom is 0.215 e. The van der Waals surface area contributed by atoms with E-state index in [9.17, 15) is 12.8 Å². The van der Waals surface area contributed by atoms with E-state index in [2.05, 4.69) is 19.8 Å². The Morgan fingerprint density at radius 2 is 1.77 bits per heavy atom. The van der Waals surface area contributed by atoms with Gasteiger partial charge in [0.15, 0.2) is 5.96 Å². The molecular weight excluding hydrogens is 417 g/mol. The Morgan fingerprint density at radius 1 is 1.06 bits per heavy atom. The molecule has 2 N–H and O–H groups in total. The predicted octanol–water partition coefficient (Wildman–Crippen LogP) is 2.16. The number of hydrogen-bond donors (Lipinski definition) is 2. The topological polar surface area (TPSA) is 77.0 Å². The number of nitrogens with one attached hydrogen (secondary N) is 2. The van der Waals surface area contributed by atoms with Crippen molar-refractivity contribution < 1.29 is 12.8 Å². The van der Waals surface area contributed by atoms with E-state index < -0.39 is 10.0 Å². The molecule has 9 heteroatoms. The smallest absolute Gasteiger partial charge is 0.215 e. The van der Waals surface area contributed by atoms with Crippen LogP contribution in [0.1, 0.15) is 18.1 Å². The van der Waals surface area contributed by atoms with Gasteiger partial charge < -0.3 is 15.1 Å². The predicted molar refractivity (Wildman–Crippen MR) is 123 cm³/mol. The summed E-state index contributed by atoms with van der Waals surface area (Å²) in [7, 11) is -1.90. The second-order valence-electron chi connectivity index (χ2n) is 7.38. The van der Waals surface area contributed by atoms with Crippen LogP contribution in [-0.4, -0.2) is 59.0 Å². The zero-order chi connectivity index (χ0) is 22.3. The Labute approximate surface area is 184 Å². The number of sulfonamides is 1. The van der Waals surface area contributed by atoms with Crippen molar-refractivity contribution >= 4 is 21.7 Å². The van der Waals surface area contributed by atoms with E-state index in [4.69, 9.17) is 4.99 Å². The summed E-state index contributed by atoms with van der Waals surface area (Å²) in [5, 5.41) is 3.33. The number of piperazine rings is 1. The average Bonchev–Trinajstić information content (AvgIpc) is 2.77. The number of para-hydroxylation sites is 1. The summed E-state index contributed by atoms with van der Waals surface area (Å²) in [5.41, 5.74) is 2.31. The summed E-state index contributed by atoms with van der Waals surface area (Å²) in [5.74, 6) is 0.555. The Morgan fingerprint density at radius 3 is 2.45 bits per heavy atom. The van der Waals surface area contributed by atoms with Gasteiger partial charge in [-0.25, -0.2) is 22.5 Å². The van der Waals surface area contributed by atoms with Crippen LogP contribution in [0.2, 0.25) is 0 Å². The first-order valence-corrected chi connectivity index (χ1v) is 12.1. The molecule has 0 amide bonds. The van der Waals surface area contributed by atoms with Gasteiger partial charge >= 0.3 is 0 Å². The molecule has 0 unspecified atom stereocenters. The maximum atomic E-state index is 14.1. The van der Waals surface area contributed by atoms with E-state index in [1.165, 1.54) is 13.1 Å². The second-order valence-corrected chi connectivity index (χ2v) is 9.31. The Bertz CT molecular complexity index is 1000. The number of rotatable bonds is 7. The fourth-order valence-corrected chi connectivity index (χ4v) is 4.33. The molecule has 0 aromatic heterocycles. The van der Waals surface area contributed by atoms with E-state index in [0.717, 1.165) is 36.7 Å². The Kier molecular flexibility index (Phi) is 7.86. The maximum absolute atomic E-state index is 14.1. The number of guanidine groups is 1. The molecule has 0 spiro atoms. The lowest BCUT2D eigenvalue weighted by Crippen LogP contribution is -2.52. The van der Waals surface area contributed by atoms with Crippen LogP contribution in [0.4, 0.5) is 10.1 Å². The molecule has 0 aliphatic carbocycles. The highest BCUT2D eigenvalue weighted by Gasteiger charge is 2.21. The van der Waals surface area contributed by atoms with Crippen molar-refractivity contribution in [3.05, 3.63) is 65.5 Å². The molecule has 168 valence electrons. The summed E-state index contributed by atoms with van der Waals surface area (Å²) in [6.45, 7) is 6.11. The normalized spacial score (nSPS) is 15.3. The number of anilines is 1. The monoisotopic (exact) mass is 447 g/mol. The number of nitrogens with zero attached hydrogens (tertiary/aromatic N) is 3. The van der Waals surface area contributed by atoms with E-state index >= 15 is 0 Å². The molecule has 0 radical (unpaired) electrons. The van der Waals surface area contributed by atoms with E-state index in [1.807, 2.05) is 37.3 Å². The number of aliphatic imine (C=N–C) groups is 1. The lowest BCUT2D eigenvalue weighted by molar-refractivity contribution is 0.370. The molecule has 0 bridgehead atoms. The van der Waals surface area contributed by atoms with Gasteiger partial charge in [-0.2, -0.15) is 0 Å². The molecule has 1 aliphatic rings. The molecule has 1 saturated heterocycles. The molecule has 1 fully saturated rings. The van der Waals surface area contributed by atoms with Crippen molar-refractivity contribution in [3.8, 4) is 0 Å². The van der Waals surface area contributed by atoms with Gasteiger partial charge in [-0.05, 0) is 37.2 Å². The van der Waals surface area contributed by atoms with Crippen LogP contribution in [0.25, 0.3) is 0 Å². The first-order chi connectivity index (χ1) is 14.9. The SMILES string of the molecule is CCNC(=NCc1cccc(CS(=O)(=O)NC)c1)N1CCN(c2ccccc2F)CC1. The Hall–Kier alpha value is -2.65. The van der Waals surface area contributed by atoms with Gasteiger partial charge in [-0.1, -0.05) is 36.4 Å². The van der Waals surface area contributed by atoms with Crippen molar-refractivity contribution in [1.82, 2.24) is 14.9 Å². The van der Waals surface area contributed by atoms with Crippen molar-refractivity contribution in [2.75, 3.05) is 44.7 Å². The second kappa shape index (κ2) is 10.6. The standard InChI is InChI=1S/C22H30FN5O2S/c1-3-25-22(26-16-18-7-6-8-19(15-18)17-31(29,30)24-2)28-13-11-27(12-14-28)21-10-5-4-9-20(21)23/h4-10,15,24H,3,11-14,16-17H2,1-2H3,(H,25,26). The van der Waals surface area contributed by atoms with Crippen LogP contribution in [0.15, 0.2) is 53.5 Å². The van der Waals surface area contributed by atoms with Crippen molar-refractivity contribution in [2.45, 2.75) is 19.2 Å². The molecule has 0 saturated carbocycles. The summed E-state index contributed by atoms with van der Waals surface area (Å²) in [6.07, 6.45) is 0. The van der Waals surface area contributed by atoms with Gasteiger partial charge in [0, 0.05) is 32.7 Å². The quantitative estimate of drug-likeness (QED) is 0.503. The van der Waals surface area contributed by atoms with Crippen molar-refractivity contribution in [2.24, 2.45) is 4.99 Å². The minimum Gasteiger partial charge on any atom is -0.366 e. The molecule has 1 heterocycles. The van der Waals surface area contributed by atoms with Gasteiger partial charge in [-0.3, -0.25) is 0 Å². The molecular formula is C22H30FN5O2S. The van der Waals surface area contributed by atoms with Crippen LogP contribution in [-0.2, 0) is 22.3 Å². The zero-order valence-corrected chi connectivity index (χ0v) is 18.8. The van der Waals surface area contributed by atoms with E-state index in [0.29, 0.717) is 25.3 Å². The molecule has 2 aromatic carbocycles. The van der Waals surface area contributed by atoms with Crippen LogP contribution >= 0.6 is 0 Å². The van der Waals surface area contributed by atoms with Gasteiger partial charge in [0.1, 0.15) is 5.82 Å². The number of halogens is 1. The number of hydrogen-bond acceptors (Lipinski definition) is 4. The summed E-state index contributed by atoms with van der Waals surface area (Å²) >= 11 is 0. The van der Waals surface area contributed by atoms with Crippen molar-refractivity contribution in [1.29, 1.82) is 0 Å². The van der Waals surface area contributed by atoms with Crippen molar-refractivity contribution in [3.63, 3.8) is 0 Å². The first kappa shape index (κ1) is 23.0. The molecule has 2 aromatic rings. The van der Waals surface area contributed by atoms with Gasteiger partial charge in [-0.15, -0.1) is 0 Å². The molecule has 1 aliphatic heterocycles. The van der Waals surface area contributed by atoms with Gasteiger partial charge in [0.25, 0.3) is 0 Å². The molecule has 7 nitrogen and oxygen atoms in total. The molecule has 3 rings (SSSR count). The van der Waals surface area contributed by atoms with Gasteiger partial charge in [0.2, 0.25) is 10.0 Å². The highest BCUT2D eigenvalue weighted by molar-refractivity contribution is 7.88. The summed E-state index contributed by atoms with van der Waals surface area (Å²) in [6, 6.07) is 14.3. The average molecular weight is 448 g/mol. The third kappa shape index (κ3) is 6.41. The largest absolute Gasteiger partial charge is 0.366 e. The third-order valence-electron chi connectivity index (χ3n) is 5.18. The van der Waals surface area contributed by atoms with Crippen LogP contribution in [0.5, 0.6) is 0 Å². The third-order valence-corrected chi connectivity index (χ3v) is 6.51. The van der Waals surface area contributed by atoms with Crippen LogP contribution < -0.4 is 14.9 Å². The molecule has 31 heavy (non-hydrogen) atoms. The van der Waals surface area contributed by atoms with Gasteiger partial charge in [0.05, 0.1) is 18.0 Å². The minimum absolute atomic E-state index is 0.0564. The highest BCUT2D eigenvalue weighted by Crippen LogP contribution is 2.20. The summed E-state index contributed by atoms with van der Waals surface area (Å²) in [4.78, 5) is 8.99. The van der Waals surface area contributed by atoms with E-state index in [-0.39, 0.29) is 11.6 Å².